The summed E-state index contributed by atoms with van der Waals surface area (Å²) < 4.78 is 14.1. The molecule has 2 aromatic rings. The summed E-state index contributed by atoms with van der Waals surface area (Å²) >= 11 is 1.60. The van der Waals surface area contributed by atoms with Crippen LogP contribution in [-0.2, 0) is 11.8 Å². The largest absolute Gasteiger partial charge is 0.324 e. The fourth-order valence-corrected chi connectivity index (χ4v) is 3.08. The van der Waals surface area contributed by atoms with E-state index in [1.807, 2.05) is 6.07 Å². The molecule has 2 nitrogen and oxygen atoms in total. The first-order valence-electron chi connectivity index (χ1n) is 6.74. The van der Waals surface area contributed by atoms with Crippen molar-refractivity contribution < 1.29 is 4.39 Å². The van der Waals surface area contributed by atoms with E-state index in [0.717, 1.165) is 10.7 Å². The number of benzene rings is 1. The Morgan fingerprint density at radius 3 is 2.65 bits per heavy atom. The number of aromatic nitrogens is 1. The highest BCUT2D eigenvalue weighted by molar-refractivity contribution is 7.09. The Hall–Kier alpha value is -1.26. The molecule has 1 heterocycles. The summed E-state index contributed by atoms with van der Waals surface area (Å²) in [6, 6.07) is 5.00. The fourth-order valence-electron chi connectivity index (χ4n) is 2.00. The standard InChI is InChI=1S/C16H21FN2S/c1-10-6-5-7-11(15(10)17)12(18)8-14-19-13(9-20-14)16(2,3)4/h5-7,9,12H,8,18H2,1-4H3. The highest BCUT2D eigenvalue weighted by Crippen LogP contribution is 2.27. The zero-order valence-electron chi connectivity index (χ0n) is 12.4. The van der Waals surface area contributed by atoms with E-state index in [2.05, 4.69) is 31.1 Å². The molecule has 0 spiro atoms. The molecule has 2 N–H and O–H groups in total. The van der Waals surface area contributed by atoms with Crippen LogP contribution < -0.4 is 5.73 Å². The normalized spacial score (nSPS) is 13.5. The lowest BCUT2D eigenvalue weighted by atomic mass is 9.93. The van der Waals surface area contributed by atoms with E-state index in [9.17, 15) is 4.39 Å². The van der Waals surface area contributed by atoms with E-state index in [0.29, 0.717) is 17.5 Å². The van der Waals surface area contributed by atoms with Crippen LogP contribution in [0.5, 0.6) is 0 Å². The number of rotatable bonds is 3. The second-order valence-corrected chi connectivity index (χ2v) is 7.11. The highest BCUT2D eigenvalue weighted by Gasteiger charge is 2.19. The third-order valence-corrected chi connectivity index (χ3v) is 4.21. The molecule has 1 unspecified atom stereocenters. The van der Waals surface area contributed by atoms with Gasteiger partial charge in [-0.15, -0.1) is 11.3 Å². The van der Waals surface area contributed by atoms with Gasteiger partial charge in [0, 0.05) is 28.8 Å². The molecule has 20 heavy (non-hydrogen) atoms. The first kappa shape index (κ1) is 15.1. The van der Waals surface area contributed by atoms with Crippen molar-refractivity contribution in [3.05, 3.63) is 51.2 Å². The minimum Gasteiger partial charge on any atom is -0.324 e. The molecule has 0 saturated carbocycles. The molecule has 0 aliphatic rings. The molecule has 2 rings (SSSR count). The maximum Gasteiger partial charge on any atom is 0.130 e. The predicted molar refractivity (Wildman–Crippen MR) is 82.6 cm³/mol. The van der Waals surface area contributed by atoms with Gasteiger partial charge in [-0.1, -0.05) is 39.0 Å². The van der Waals surface area contributed by atoms with E-state index < -0.39 is 0 Å². The molecule has 0 radical (unpaired) electrons. The summed E-state index contributed by atoms with van der Waals surface area (Å²) in [7, 11) is 0. The Bertz CT molecular complexity index is 599. The lowest BCUT2D eigenvalue weighted by Gasteiger charge is -2.15. The number of nitrogens with two attached hydrogens (primary N) is 1. The molecular weight excluding hydrogens is 271 g/mol. The van der Waals surface area contributed by atoms with E-state index in [1.165, 1.54) is 0 Å². The lowest BCUT2D eigenvalue weighted by Crippen LogP contribution is -2.16. The van der Waals surface area contributed by atoms with Gasteiger partial charge in [0.05, 0.1) is 10.7 Å². The quantitative estimate of drug-likeness (QED) is 0.923. The third-order valence-electron chi connectivity index (χ3n) is 3.34. The maximum atomic E-state index is 14.1. The number of nitrogens with zero attached hydrogens (tertiary/aromatic N) is 1. The van der Waals surface area contributed by atoms with Gasteiger partial charge in [-0.25, -0.2) is 9.37 Å². The predicted octanol–water partition coefficient (Wildman–Crippen LogP) is 4.13. The van der Waals surface area contributed by atoms with Crippen LogP contribution in [0, 0.1) is 12.7 Å². The lowest BCUT2D eigenvalue weighted by molar-refractivity contribution is 0.561. The Balaban J connectivity index is 2.18. The molecule has 0 saturated heterocycles. The van der Waals surface area contributed by atoms with Gasteiger partial charge in [0.1, 0.15) is 5.82 Å². The van der Waals surface area contributed by atoms with E-state index >= 15 is 0 Å². The Morgan fingerprint density at radius 2 is 2.05 bits per heavy atom. The van der Waals surface area contributed by atoms with Crippen molar-refractivity contribution in [2.75, 3.05) is 0 Å². The van der Waals surface area contributed by atoms with Crippen molar-refractivity contribution in [1.29, 1.82) is 0 Å². The van der Waals surface area contributed by atoms with Gasteiger partial charge in [0.2, 0.25) is 0 Å². The topological polar surface area (TPSA) is 38.9 Å². The van der Waals surface area contributed by atoms with Crippen LogP contribution in [0.3, 0.4) is 0 Å². The van der Waals surface area contributed by atoms with Crippen molar-refractivity contribution in [3.8, 4) is 0 Å². The number of aryl methyl sites for hydroxylation is 1. The van der Waals surface area contributed by atoms with Crippen LogP contribution in [0.25, 0.3) is 0 Å². The third kappa shape index (κ3) is 3.25. The molecule has 0 bridgehead atoms. The molecule has 1 atom stereocenters. The smallest absolute Gasteiger partial charge is 0.130 e. The minimum atomic E-state index is -0.353. The molecule has 108 valence electrons. The first-order valence-corrected chi connectivity index (χ1v) is 7.62. The van der Waals surface area contributed by atoms with Crippen LogP contribution in [0.4, 0.5) is 4.39 Å². The van der Waals surface area contributed by atoms with Crippen molar-refractivity contribution in [3.63, 3.8) is 0 Å². The molecular formula is C16H21FN2S. The SMILES string of the molecule is Cc1cccc(C(N)Cc2nc(C(C)(C)C)cs2)c1F. The van der Waals surface area contributed by atoms with Crippen LogP contribution in [0.15, 0.2) is 23.6 Å². The van der Waals surface area contributed by atoms with E-state index in [1.54, 1.807) is 30.4 Å². The van der Waals surface area contributed by atoms with Crippen molar-refractivity contribution >= 4 is 11.3 Å². The van der Waals surface area contributed by atoms with Crippen LogP contribution in [0.2, 0.25) is 0 Å². The maximum absolute atomic E-state index is 14.1. The van der Waals surface area contributed by atoms with Crippen LogP contribution in [0.1, 0.15) is 48.6 Å². The zero-order chi connectivity index (χ0) is 14.9. The van der Waals surface area contributed by atoms with Crippen molar-refractivity contribution in [2.24, 2.45) is 5.73 Å². The summed E-state index contributed by atoms with van der Waals surface area (Å²) in [5.41, 5.74) is 8.44. The van der Waals surface area contributed by atoms with Crippen LogP contribution >= 0.6 is 11.3 Å². The molecule has 0 amide bonds. The van der Waals surface area contributed by atoms with Crippen molar-refractivity contribution in [2.45, 2.75) is 45.6 Å². The molecule has 0 fully saturated rings. The zero-order valence-corrected chi connectivity index (χ0v) is 13.2. The second kappa shape index (κ2) is 5.62. The monoisotopic (exact) mass is 292 g/mol. The Labute approximate surface area is 123 Å². The summed E-state index contributed by atoms with van der Waals surface area (Å²) in [4.78, 5) is 4.62. The summed E-state index contributed by atoms with van der Waals surface area (Å²) in [5, 5.41) is 3.03. The van der Waals surface area contributed by atoms with Crippen LogP contribution in [-0.4, -0.2) is 4.98 Å². The van der Waals surface area contributed by atoms with Gasteiger partial charge in [-0.3, -0.25) is 0 Å². The number of hydrogen-bond donors (Lipinski definition) is 1. The summed E-state index contributed by atoms with van der Waals surface area (Å²) in [6.45, 7) is 8.15. The average Bonchev–Trinajstić information content (AvgIpc) is 2.81. The average molecular weight is 292 g/mol. The fraction of sp³-hybridized carbons (Fsp3) is 0.438. The van der Waals surface area contributed by atoms with E-state index in [4.69, 9.17) is 5.73 Å². The Kier molecular flexibility index (Phi) is 4.25. The molecule has 1 aromatic carbocycles. The van der Waals surface area contributed by atoms with Crippen molar-refractivity contribution in [1.82, 2.24) is 4.98 Å². The number of thiazole rings is 1. The molecule has 1 aromatic heterocycles. The molecule has 0 aliphatic heterocycles. The van der Waals surface area contributed by atoms with E-state index in [-0.39, 0.29) is 17.3 Å². The molecule has 0 aliphatic carbocycles. The van der Waals surface area contributed by atoms with Gasteiger partial charge in [0.15, 0.2) is 0 Å². The van der Waals surface area contributed by atoms with Gasteiger partial charge < -0.3 is 5.73 Å². The Morgan fingerprint density at radius 1 is 1.35 bits per heavy atom. The molecule has 4 heteroatoms. The second-order valence-electron chi connectivity index (χ2n) is 6.17. The van der Waals surface area contributed by atoms with Gasteiger partial charge in [0.25, 0.3) is 0 Å². The number of halogens is 1. The van der Waals surface area contributed by atoms with Gasteiger partial charge >= 0.3 is 0 Å². The minimum absolute atomic E-state index is 0.0351. The number of hydrogen-bond acceptors (Lipinski definition) is 3. The van der Waals surface area contributed by atoms with Gasteiger partial charge in [-0.05, 0) is 12.5 Å². The summed E-state index contributed by atoms with van der Waals surface area (Å²) in [5.74, 6) is -0.201. The van der Waals surface area contributed by atoms with Gasteiger partial charge in [-0.2, -0.15) is 0 Å². The highest BCUT2D eigenvalue weighted by atomic mass is 32.1. The summed E-state index contributed by atoms with van der Waals surface area (Å²) in [6.07, 6.45) is 0.571. The first-order chi connectivity index (χ1) is 9.29.